The van der Waals surface area contributed by atoms with Crippen molar-refractivity contribution >= 4 is 23.7 Å². The van der Waals surface area contributed by atoms with E-state index < -0.39 is 0 Å². The van der Waals surface area contributed by atoms with Crippen molar-refractivity contribution in [2.24, 2.45) is 0 Å². The van der Waals surface area contributed by atoms with Crippen molar-refractivity contribution in [3.63, 3.8) is 0 Å². The number of hydrogen-bond acceptors (Lipinski definition) is 2. The topological polar surface area (TPSA) is 18.5 Å². The fourth-order valence-electron chi connectivity index (χ4n) is 0. The molecule has 5 heavy (non-hydrogen) atoms. The molecule has 0 fully saturated rings. The molecule has 0 aromatic carbocycles. The van der Waals surface area contributed by atoms with E-state index in [4.69, 9.17) is 0 Å². The number of hydrogen-bond donors (Lipinski definition) is 0. The van der Waals surface area contributed by atoms with Crippen molar-refractivity contribution in [2.45, 2.75) is 0 Å². The Morgan fingerprint density at radius 1 is 1.00 bits per heavy atom. The molecule has 0 rings (SSSR count). The predicted molar refractivity (Wildman–Crippen MR) is 13.9 cm³/mol. The Balaban J connectivity index is 0. The van der Waals surface area contributed by atoms with Crippen molar-refractivity contribution in [1.29, 1.82) is 0 Å². The standard InChI is InChI=1S/Cl2O2.Fe/c1-3-4-2;. The Hall–Kier alpha value is 1.02. The van der Waals surface area contributed by atoms with Crippen LogP contribution in [-0.2, 0) is 25.9 Å². The maximum Gasteiger partial charge on any atom is 0.102 e. The summed E-state index contributed by atoms with van der Waals surface area (Å²) in [5, 5.41) is 0. The maximum atomic E-state index is 4.33. The fourth-order valence-corrected chi connectivity index (χ4v) is 0. The SMILES string of the molecule is ClOOCl.[Fe]. The van der Waals surface area contributed by atoms with Crippen LogP contribution in [0.1, 0.15) is 0 Å². The molecule has 5 heteroatoms. The molecule has 0 aromatic heterocycles. The molecule has 0 spiro atoms. The molecule has 0 unspecified atom stereocenters. The summed E-state index contributed by atoms with van der Waals surface area (Å²) in [5.74, 6) is 0. The molecule has 0 atom stereocenters. The summed E-state index contributed by atoms with van der Waals surface area (Å²) < 4.78 is 6.56. The molecule has 0 radical (unpaired) electrons. The molecule has 0 saturated heterocycles. The van der Waals surface area contributed by atoms with Gasteiger partial charge in [0.25, 0.3) is 0 Å². The van der Waals surface area contributed by atoms with Gasteiger partial charge in [0, 0.05) is 17.1 Å². The van der Waals surface area contributed by atoms with Crippen molar-refractivity contribution in [3.05, 3.63) is 0 Å². The summed E-state index contributed by atoms with van der Waals surface area (Å²) in [6.07, 6.45) is 0. The molecule has 2 nitrogen and oxygen atoms in total. The zero-order valence-electron chi connectivity index (χ0n) is 1.93. The normalized spacial score (nSPS) is 6.00. The first-order valence-electron chi connectivity index (χ1n) is 0.475. The molecule has 0 aliphatic rings. The van der Waals surface area contributed by atoms with E-state index in [0.717, 1.165) is 0 Å². The van der Waals surface area contributed by atoms with Crippen molar-refractivity contribution in [1.82, 2.24) is 0 Å². The summed E-state index contributed by atoms with van der Waals surface area (Å²) in [5.41, 5.74) is 0. The van der Waals surface area contributed by atoms with Gasteiger partial charge < -0.3 is 0 Å². The van der Waals surface area contributed by atoms with E-state index in [1.165, 1.54) is 0 Å². The van der Waals surface area contributed by atoms with Crippen LogP contribution >= 0.6 is 23.7 Å². The smallest absolute Gasteiger partial charge is 0.102 e. The van der Waals surface area contributed by atoms with Gasteiger partial charge in [-0.25, -0.2) is 0 Å². The first kappa shape index (κ1) is 9.39. The van der Waals surface area contributed by atoms with Gasteiger partial charge in [-0.1, -0.05) is 0 Å². The molecule has 0 saturated carbocycles. The van der Waals surface area contributed by atoms with Gasteiger partial charge >= 0.3 is 0 Å². The van der Waals surface area contributed by atoms with E-state index in [9.17, 15) is 0 Å². The Morgan fingerprint density at radius 3 is 1.20 bits per heavy atom. The molecular weight excluding hydrogens is 159 g/mol. The van der Waals surface area contributed by atoms with E-state index in [-0.39, 0.29) is 17.1 Å². The van der Waals surface area contributed by atoms with Crippen LogP contribution in [0.15, 0.2) is 0 Å². The van der Waals surface area contributed by atoms with Crippen molar-refractivity contribution < 1.29 is 25.9 Å². The zero-order valence-corrected chi connectivity index (χ0v) is 4.54. The molecule has 34 valence electrons. The van der Waals surface area contributed by atoms with Crippen LogP contribution in [0.2, 0.25) is 0 Å². The summed E-state index contributed by atoms with van der Waals surface area (Å²) in [7, 11) is 0. The summed E-state index contributed by atoms with van der Waals surface area (Å²) in [6, 6.07) is 0. The number of rotatable bonds is 1. The minimum Gasteiger partial charge on any atom is -0.102 e. The van der Waals surface area contributed by atoms with E-state index in [0.29, 0.717) is 0 Å². The molecular formula is Cl2FeO2. The van der Waals surface area contributed by atoms with Gasteiger partial charge in [0.05, 0.1) is 0 Å². The molecule has 0 aromatic rings. The summed E-state index contributed by atoms with van der Waals surface area (Å²) in [4.78, 5) is 0. The summed E-state index contributed by atoms with van der Waals surface area (Å²) in [6.45, 7) is 0. The van der Waals surface area contributed by atoms with E-state index in [1.807, 2.05) is 0 Å². The quantitative estimate of drug-likeness (QED) is 0.325. The van der Waals surface area contributed by atoms with Crippen LogP contribution in [0, 0.1) is 0 Å². The molecule has 0 aliphatic heterocycles. The van der Waals surface area contributed by atoms with E-state index in [1.54, 1.807) is 0 Å². The minimum atomic E-state index is 0. The van der Waals surface area contributed by atoms with Crippen LogP contribution in [0.5, 0.6) is 0 Å². The van der Waals surface area contributed by atoms with Gasteiger partial charge in [-0.3, -0.25) is 0 Å². The van der Waals surface area contributed by atoms with Gasteiger partial charge in [0.1, 0.15) is 23.7 Å². The Morgan fingerprint density at radius 2 is 1.20 bits per heavy atom. The molecule has 0 heterocycles. The second-order valence-electron chi connectivity index (χ2n) is 0.126. The van der Waals surface area contributed by atoms with Crippen LogP contribution in [-0.4, -0.2) is 0 Å². The van der Waals surface area contributed by atoms with E-state index in [2.05, 4.69) is 32.6 Å². The van der Waals surface area contributed by atoms with Crippen molar-refractivity contribution in [2.75, 3.05) is 0 Å². The van der Waals surface area contributed by atoms with Crippen LogP contribution < -0.4 is 0 Å². The largest absolute Gasteiger partial charge is 0.102 e. The Labute approximate surface area is 50.1 Å². The van der Waals surface area contributed by atoms with E-state index >= 15 is 0 Å². The van der Waals surface area contributed by atoms with Gasteiger partial charge in [-0.05, 0) is 0 Å². The third-order valence-corrected chi connectivity index (χ3v) is 0.214. The minimum absolute atomic E-state index is 0. The van der Waals surface area contributed by atoms with Gasteiger partial charge in [-0.15, -0.1) is 8.88 Å². The van der Waals surface area contributed by atoms with Crippen LogP contribution in [0.4, 0.5) is 0 Å². The zero-order chi connectivity index (χ0) is 3.41. The maximum absolute atomic E-state index is 4.33. The average molecular weight is 159 g/mol. The first-order chi connectivity index (χ1) is 1.91. The molecule has 0 bridgehead atoms. The third-order valence-electron chi connectivity index (χ3n) is 0.0238. The Kier molecular flexibility index (Phi) is 16.7. The Bertz CT molecular complexity index is 9.61. The van der Waals surface area contributed by atoms with Gasteiger partial charge in [-0.2, -0.15) is 0 Å². The van der Waals surface area contributed by atoms with Crippen LogP contribution in [0.3, 0.4) is 0 Å². The monoisotopic (exact) mass is 158 g/mol. The third kappa shape index (κ3) is 11.2. The second-order valence-corrected chi connectivity index (χ2v) is 0.378. The van der Waals surface area contributed by atoms with Gasteiger partial charge in [0.15, 0.2) is 0 Å². The first-order valence-corrected chi connectivity index (χ1v) is 1.09. The predicted octanol–water partition coefficient (Wildman–Crippen LogP) is 1.24. The molecule has 0 amide bonds. The average Bonchev–Trinajstić information content (AvgIpc) is 1.37. The number of halogens is 2. The summed E-state index contributed by atoms with van der Waals surface area (Å²) >= 11 is 8.66. The van der Waals surface area contributed by atoms with Crippen LogP contribution in [0.25, 0.3) is 0 Å². The van der Waals surface area contributed by atoms with Gasteiger partial charge in [0.2, 0.25) is 0 Å². The molecule has 0 N–H and O–H groups in total. The molecule has 0 aliphatic carbocycles. The second kappa shape index (κ2) is 8.89. The fraction of sp³-hybridized carbons (Fsp3) is 0. The van der Waals surface area contributed by atoms with Crippen molar-refractivity contribution in [3.8, 4) is 0 Å².